The van der Waals surface area contributed by atoms with Gasteiger partial charge < -0.3 is 10.1 Å². The Hall–Kier alpha value is -1.57. The van der Waals surface area contributed by atoms with Crippen molar-refractivity contribution in [3.05, 3.63) is 29.8 Å². The molecular formula is C17H23N3O. The molecule has 112 valence electrons. The van der Waals surface area contributed by atoms with Gasteiger partial charge in [0.1, 0.15) is 12.4 Å². The van der Waals surface area contributed by atoms with Crippen molar-refractivity contribution in [1.29, 1.82) is 5.26 Å². The Bertz CT molecular complexity index is 494. The number of hydrogen-bond acceptors (Lipinski definition) is 4. The molecular weight excluding hydrogens is 262 g/mol. The van der Waals surface area contributed by atoms with Crippen LogP contribution in [-0.2, 0) is 0 Å². The maximum absolute atomic E-state index is 8.77. The van der Waals surface area contributed by atoms with E-state index in [0.29, 0.717) is 5.56 Å². The molecule has 2 unspecified atom stereocenters. The smallest absolute Gasteiger partial charge is 0.119 e. The number of likely N-dealkylation sites (tertiary alicyclic amines) is 1. The number of hydrogen-bond donors (Lipinski definition) is 1. The lowest BCUT2D eigenvalue weighted by atomic mass is 9.92. The number of rotatable bonds is 5. The van der Waals surface area contributed by atoms with Crippen molar-refractivity contribution < 1.29 is 4.74 Å². The van der Waals surface area contributed by atoms with Crippen molar-refractivity contribution in [2.45, 2.75) is 18.9 Å². The van der Waals surface area contributed by atoms with Gasteiger partial charge in [-0.2, -0.15) is 5.26 Å². The van der Waals surface area contributed by atoms with E-state index < -0.39 is 0 Å². The normalized spacial score (nSPS) is 28.3. The van der Waals surface area contributed by atoms with E-state index in [-0.39, 0.29) is 0 Å². The molecule has 2 atom stereocenters. The van der Waals surface area contributed by atoms with Crippen LogP contribution >= 0.6 is 0 Å². The third kappa shape index (κ3) is 3.20. The minimum absolute atomic E-state index is 0.674. The zero-order valence-corrected chi connectivity index (χ0v) is 12.6. The van der Waals surface area contributed by atoms with Gasteiger partial charge in [0.2, 0.25) is 0 Å². The molecule has 1 saturated carbocycles. The molecule has 1 aromatic carbocycles. The van der Waals surface area contributed by atoms with E-state index >= 15 is 0 Å². The summed E-state index contributed by atoms with van der Waals surface area (Å²) in [5.41, 5.74) is 0.674. The number of nitrogens with zero attached hydrogens (tertiary/aromatic N) is 2. The fourth-order valence-corrected chi connectivity index (χ4v) is 3.89. The van der Waals surface area contributed by atoms with Crippen LogP contribution in [0.5, 0.6) is 5.75 Å². The van der Waals surface area contributed by atoms with Gasteiger partial charge >= 0.3 is 0 Å². The van der Waals surface area contributed by atoms with Crippen LogP contribution in [0.3, 0.4) is 0 Å². The van der Waals surface area contributed by atoms with Gasteiger partial charge in [-0.25, -0.2) is 0 Å². The number of benzene rings is 1. The van der Waals surface area contributed by atoms with Crippen LogP contribution in [0.15, 0.2) is 24.3 Å². The fourth-order valence-electron chi connectivity index (χ4n) is 3.89. The van der Waals surface area contributed by atoms with Gasteiger partial charge in [-0.05, 0) is 56.0 Å². The molecule has 1 heterocycles. The van der Waals surface area contributed by atoms with E-state index in [2.05, 4.69) is 23.3 Å². The van der Waals surface area contributed by atoms with Crippen LogP contribution in [0, 0.1) is 23.2 Å². The van der Waals surface area contributed by atoms with Crippen molar-refractivity contribution in [2.75, 3.05) is 33.3 Å². The first-order valence-electron chi connectivity index (χ1n) is 7.82. The van der Waals surface area contributed by atoms with Crippen LogP contribution in [-0.4, -0.2) is 44.2 Å². The second-order valence-corrected chi connectivity index (χ2v) is 6.16. The first-order valence-corrected chi connectivity index (χ1v) is 7.82. The first kappa shape index (κ1) is 14.4. The van der Waals surface area contributed by atoms with Crippen LogP contribution in [0.1, 0.15) is 18.4 Å². The predicted molar refractivity (Wildman–Crippen MR) is 82.2 cm³/mol. The highest BCUT2D eigenvalue weighted by Gasteiger charge is 2.40. The lowest BCUT2D eigenvalue weighted by Gasteiger charge is -2.37. The highest BCUT2D eigenvalue weighted by molar-refractivity contribution is 5.34. The number of fused-ring (bicyclic) bond motifs is 2. The van der Waals surface area contributed by atoms with E-state index in [4.69, 9.17) is 10.00 Å². The molecule has 2 fully saturated rings. The minimum Gasteiger partial charge on any atom is -0.492 e. The van der Waals surface area contributed by atoms with E-state index in [9.17, 15) is 0 Å². The van der Waals surface area contributed by atoms with Crippen LogP contribution in [0.2, 0.25) is 0 Å². The zero-order chi connectivity index (χ0) is 14.7. The third-order valence-corrected chi connectivity index (χ3v) is 4.90. The summed E-state index contributed by atoms with van der Waals surface area (Å²) >= 11 is 0. The summed E-state index contributed by atoms with van der Waals surface area (Å²) in [6, 6.07) is 10.2. The number of piperidine rings is 1. The Labute approximate surface area is 126 Å². The average Bonchev–Trinajstić information content (AvgIpc) is 2.77. The van der Waals surface area contributed by atoms with Gasteiger partial charge in [0.15, 0.2) is 0 Å². The second kappa shape index (κ2) is 6.46. The summed E-state index contributed by atoms with van der Waals surface area (Å²) in [4.78, 5) is 2.54. The van der Waals surface area contributed by atoms with Gasteiger partial charge in [0.25, 0.3) is 0 Å². The summed E-state index contributed by atoms with van der Waals surface area (Å²) in [6.45, 7) is 4.09. The Morgan fingerprint density at radius 1 is 1.24 bits per heavy atom. The first-order chi connectivity index (χ1) is 10.3. The molecule has 0 amide bonds. The maximum atomic E-state index is 8.77. The number of nitrogens with one attached hydrogen (secondary N) is 1. The van der Waals surface area contributed by atoms with Crippen LogP contribution in [0.4, 0.5) is 0 Å². The van der Waals surface area contributed by atoms with Gasteiger partial charge in [0.05, 0.1) is 11.6 Å². The Balaban J connectivity index is 1.45. The topological polar surface area (TPSA) is 48.3 Å². The van der Waals surface area contributed by atoms with E-state index in [1.54, 1.807) is 12.1 Å². The molecule has 1 aliphatic heterocycles. The lowest BCUT2D eigenvalue weighted by Crippen LogP contribution is -2.50. The zero-order valence-electron chi connectivity index (χ0n) is 12.6. The van der Waals surface area contributed by atoms with Crippen molar-refractivity contribution in [2.24, 2.45) is 11.8 Å². The number of nitriles is 1. The summed E-state index contributed by atoms with van der Waals surface area (Å²) in [7, 11) is 2.10. The summed E-state index contributed by atoms with van der Waals surface area (Å²) in [5.74, 6) is 2.47. The summed E-state index contributed by atoms with van der Waals surface area (Å²) in [5, 5.41) is 12.3. The molecule has 1 aromatic rings. The molecule has 4 nitrogen and oxygen atoms in total. The highest BCUT2D eigenvalue weighted by atomic mass is 16.5. The van der Waals surface area contributed by atoms with Crippen molar-refractivity contribution in [1.82, 2.24) is 10.2 Å². The van der Waals surface area contributed by atoms with Gasteiger partial charge in [-0.3, -0.25) is 4.90 Å². The van der Waals surface area contributed by atoms with Crippen LogP contribution < -0.4 is 10.1 Å². The third-order valence-electron chi connectivity index (χ3n) is 4.90. The Kier molecular flexibility index (Phi) is 4.42. The molecule has 1 saturated heterocycles. The van der Waals surface area contributed by atoms with Gasteiger partial charge in [-0.15, -0.1) is 0 Å². The minimum atomic E-state index is 0.674. The molecule has 0 spiro atoms. The molecule has 4 heteroatoms. The average molecular weight is 285 g/mol. The molecule has 2 aliphatic rings. The largest absolute Gasteiger partial charge is 0.492 e. The fraction of sp³-hybridized carbons (Fsp3) is 0.588. The van der Waals surface area contributed by atoms with Gasteiger partial charge in [0, 0.05) is 25.7 Å². The molecule has 0 aromatic heterocycles. The summed E-state index contributed by atoms with van der Waals surface area (Å²) in [6.07, 6.45) is 2.73. The molecule has 1 aliphatic carbocycles. The lowest BCUT2D eigenvalue weighted by molar-refractivity contribution is 0.115. The Morgan fingerprint density at radius 2 is 1.90 bits per heavy atom. The van der Waals surface area contributed by atoms with Crippen molar-refractivity contribution in [3.63, 3.8) is 0 Å². The maximum Gasteiger partial charge on any atom is 0.119 e. The highest BCUT2D eigenvalue weighted by Crippen LogP contribution is 2.36. The molecule has 0 radical (unpaired) electrons. The number of ether oxygens (including phenoxy) is 1. The van der Waals surface area contributed by atoms with E-state index in [0.717, 1.165) is 36.8 Å². The quantitative estimate of drug-likeness (QED) is 0.897. The molecule has 21 heavy (non-hydrogen) atoms. The van der Waals surface area contributed by atoms with Crippen LogP contribution in [0.25, 0.3) is 0 Å². The van der Waals surface area contributed by atoms with E-state index in [1.807, 2.05) is 12.1 Å². The monoisotopic (exact) mass is 285 g/mol. The van der Waals surface area contributed by atoms with Crippen molar-refractivity contribution >= 4 is 0 Å². The molecule has 1 N–H and O–H groups in total. The summed E-state index contributed by atoms with van der Waals surface area (Å²) < 4.78 is 5.79. The standard InChI is InChI=1S/C17H23N3O/c1-19-17-14-4-5-15(17)12-20(11-14)8-9-21-16-6-2-13(10-18)3-7-16/h2-3,6-7,14-15,17,19H,4-5,8-9,11-12H2,1H3. The molecule has 2 bridgehead atoms. The SMILES string of the molecule is CNC1C2CCC1CN(CCOc1ccc(C#N)cc1)C2. The molecule has 3 rings (SSSR count). The Morgan fingerprint density at radius 3 is 2.48 bits per heavy atom. The van der Waals surface area contributed by atoms with Gasteiger partial charge in [-0.1, -0.05) is 0 Å². The second-order valence-electron chi connectivity index (χ2n) is 6.16. The predicted octanol–water partition coefficient (Wildman–Crippen LogP) is 1.87. The van der Waals surface area contributed by atoms with E-state index in [1.165, 1.54) is 25.9 Å². The van der Waals surface area contributed by atoms with Crippen molar-refractivity contribution in [3.8, 4) is 11.8 Å².